The summed E-state index contributed by atoms with van der Waals surface area (Å²) in [6.07, 6.45) is 9.16. The molecule has 0 spiro atoms. The fourth-order valence-electron chi connectivity index (χ4n) is 5.67. The van der Waals surface area contributed by atoms with E-state index >= 15 is 0 Å². The lowest BCUT2D eigenvalue weighted by Gasteiger charge is -2.59. The Morgan fingerprint density at radius 1 is 1.16 bits per heavy atom. The number of amides is 1. The van der Waals surface area contributed by atoms with Crippen LogP contribution in [0.15, 0.2) is 0 Å². The molecule has 2 atom stereocenters. The molecule has 0 aromatic heterocycles. The van der Waals surface area contributed by atoms with Crippen LogP contribution in [0.25, 0.3) is 0 Å². The van der Waals surface area contributed by atoms with E-state index < -0.39 is 0 Å². The van der Waals surface area contributed by atoms with E-state index in [2.05, 4.69) is 19.2 Å². The molecule has 0 aliphatic heterocycles. The van der Waals surface area contributed by atoms with E-state index in [1.54, 1.807) is 0 Å². The maximum absolute atomic E-state index is 11.0. The minimum atomic E-state index is -0.197. The first-order valence-corrected chi connectivity index (χ1v) is 8.01. The van der Waals surface area contributed by atoms with Crippen molar-refractivity contribution in [3.05, 3.63) is 0 Å². The van der Waals surface area contributed by atoms with Crippen LogP contribution in [-0.2, 0) is 4.79 Å². The molecule has 4 fully saturated rings. The fraction of sp³-hybridized carbons (Fsp3) is 0.938. The average Bonchev–Trinajstić information content (AvgIpc) is 2.25. The van der Waals surface area contributed by atoms with Gasteiger partial charge in [-0.25, -0.2) is 0 Å². The molecule has 0 radical (unpaired) electrons. The quantitative estimate of drug-likeness (QED) is 0.801. The van der Waals surface area contributed by atoms with E-state index in [-0.39, 0.29) is 11.9 Å². The largest absolute Gasteiger partial charge is 0.370 e. The van der Waals surface area contributed by atoms with Crippen molar-refractivity contribution >= 4 is 5.91 Å². The molecule has 0 heterocycles. The predicted octanol–water partition coefficient (Wildman–Crippen LogP) is 2.44. The Hall–Kier alpha value is -0.570. The molecule has 0 aromatic rings. The summed E-state index contributed by atoms with van der Waals surface area (Å²) in [4.78, 5) is 11.0. The van der Waals surface area contributed by atoms with Gasteiger partial charge in [-0.3, -0.25) is 4.79 Å². The SMILES string of the molecule is CC(CC(N)=O)NC(C)C12CC3CC(CC(C3)C1)C2. The molecule has 2 unspecified atom stereocenters. The van der Waals surface area contributed by atoms with E-state index in [4.69, 9.17) is 5.73 Å². The molecule has 108 valence electrons. The number of nitrogens with one attached hydrogen (secondary N) is 1. The number of nitrogens with two attached hydrogens (primary N) is 1. The topological polar surface area (TPSA) is 55.1 Å². The van der Waals surface area contributed by atoms with Crippen LogP contribution in [0.3, 0.4) is 0 Å². The van der Waals surface area contributed by atoms with Gasteiger partial charge in [0.1, 0.15) is 0 Å². The number of rotatable bonds is 5. The Bertz CT molecular complexity index is 330. The van der Waals surface area contributed by atoms with Crippen LogP contribution in [0.5, 0.6) is 0 Å². The zero-order chi connectivity index (χ0) is 13.6. The van der Waals surface area contributed by atoms with Crippen LogP contribution < -0.4 is 11.1 Å². The van der Waals surface area contributed by atoms with E-state index in [1.165, 1.54) is 38.5 Å². The van der Waals surface area contributed by atoms with Gasteiger partial charge in [-0.2, -0.15) is 0 Å². The van der Waals surface area contributed by atoms with Gasteiger partial charge in [0.15, 0.2) is 0 Å². The number of carbonyl (C=O) groups excluding carboxylic acids is 1. The van der Waals surface area contributed by atoms with Crippen molar-refractivity contribution in [2.24, 2.45) is 28.9 Å². The standard InChI is InChI=1S/C16H28N2O/c1-10(3-15(17)19)18-11(2)16-7-12-4-13(8-16)6-14(5-12)9-16/h10-14,18H,3-9H2,1-2H3,(H2,17,19). The first-order chi connectivity index (χ1) is 8.97. The molecule has 3 nitrogen and oxygen atoms in total. The number of hydrogen-bond acceptors (Lipinski definition) is 2. The van der Waals surface area contributed by atoms with E-state index in [0.29, 0.717) is 17.9 Å². The van der Waals surface area contributed by atoms with Crippen molar-refractivity contribution in [3.63, 3.8) is 0 Å². The van der Waals surface area contributed by atoms with Crippen molar-refractivity contribution in [3.8, 4) is 0 Å². The molecule has 1 amide bonds. The van der Waals surface area contributed by atoms with Gasteiger partial charge in [0.25, 0.3) is 0 Å². The Morgan fingerprint density at radius 2 is 1.63 bits per heavy atom. The Labute approximate surface area is 116 Å². The van der Waals surface area contributed by atoms with Crippen LogP contribution in [-0.4, -0.2) is 18.0 Å². The normalized spacial score (nSPS) is 43.2. The highest BCUT2D eigenvalue weighted by molar-refractivity contribution is 5.74. The van der Waals surface area contributed by atoms with Gasteiger partial charge in [0.2, 0.25) is 5.91 Å². The van der Waals surface area contributed by atoms with Gasteiger partial charge in [-0.1, -0.05) is 0 Å². The first kappa shape index (κ1) is 13.4. The fourth-order valence-corrected chi connectivity index (χ4v) is 5.67. The highest BCUT2D eigenvalue weighted by Gasteiger charge is 2.53. The molecular weight excluding hydrogens is 236 g/mol. The summed E-state index contributed by atoms with van der Waals surface area (Å²) < 4.78 is 0. The monoisotopic (exact) mass is 264 g/mol. The molecule has 4 saturated carbocycles. The molecule has 4 rings (SSSR count). The Kier molecular flexibility index (Phi) is 3.36. The smallest absolute Gasteiger partial charge is 0.218 e. The van der Waals surface area contributed by atoms with Gasteiger partial charge >= 0.3 is 0 Å². The molecule has 4 aliphatic carbocycles. The summed E-state index contributed by atoms with van der Waals surface area (Å²) in [7, 11) is 0. The van der Waals surface area contributed by atoms with E-state index in [0.717, 1.165) is 17.8 Å². The Balaban J connectivity index is 1.66. The third-order valence-electron chi connectivity index (χ3n) is 6.05. The number of primary amides is 1. The minimum Gasteiger partial charge on any atom is -0.370 e. The van der Waals surface area contributed by atoms with Gasteiger partial charge in [0, 0.05) is 18.5 Å². The van der Waals surface area contributed by atoms with Crippen LogP contribution in [0.4, 0.5) is 0 Å². The summed E-state index contributed by atoms with van der Waals surface area (Å²) >= 11 is 0. The third kappa shape index (κ3) is 2.54. The molecule has 3 N–H and O–H groups in total. The van der Waals surface area contributed by atoms with E-state index in [9.17, 15) is 4.79 Å². The Morgan fingerprint density at radius 3 is 2.05 bits per heavy atom. The van der Waals surface area contributed by atoms with Gasteiger partial charge in [-0.05, 0) is 75.5 Å². The molecule has 0 saturated heterocycles. The lowest BCUT2D eigenvalue weighted by molar-refractivity contribution is -0.118. The molecule has 4 aliphatic rings. The van der Waals surface area contributed by atoms with Crippen molar-refractivity contribution in [2.75, 3.05) is 0 Å². The molecule has 19 heavy (non-hydrogen) atoms. The van der Waals surface area contributed by atoms with Gasteiger partial charge in [-0.15, -0.1) is 0 Å². The zero-order valence-electron chi connectivity index (χ0n) is 12.3. The lowest BCUT2D eigenvalue weighted by Crippen LogP contribution is -2.56. The van der Waals surface area contributed by atoms with Crippen molar-refractivity contribution in [1.82, 2.24) is 5.32 Å². The number of carbonyl (C=O) groups is 1. The lowest BCUT2D eigenvalue weighted by atomic mass is 9.48. The summed E-state index contributed by atoms with van der Waals surface area (Å²) in [6, 6.07) is 0.732. The highest BCUT2D eigenvalue weighted by atomic mass is 16.1. The second-order valence-corrected chi connectivity index (χ2v) is 7.74. The van der Waals surface area contributed by atoms with Crippen LogP contribution in [0, 0.1) is 23.2 Å². The van der Waals surface area contributed by atoms with Crippen LogP contribution >= 0.6 is 0 Å². The van der Waals surface area contributed by atoms with Gasteiger partial charge < -0.3 is 11.1 Å². The highest BCUT2D eigenvalue weighted by Crippen LogP contribution is 2.61. The van der Waals surface area contributed by atoms with Crippen molar-refractivity contribution in [2.45, 2.75) is 70.9 Å². The molecule has 0 aromatic carbocycles. The minimum absolute atomic E-state index is 0.197. The van der Waals surface area contributed by atoms with Crippen molar-refractivity contribution in [1.29, 1.82) is 0 Å². The van der Waals surface area contributed by atoms with Crippen LogP contribution in [0.2, 0.25) is 0 Å². The molecule has 4 bridgehead atoms. The second-order valence-electron chi connectivity index (χ2n) is 7.74. The first-order valence-electron chi connectivity index (χ1n) is 8.01. The van der Waals surface area contributed by atoms with Crippen molar-refractivity contribution < 1.29 is 4.79 Å². The number of hydrogen-bond donors (Lipinski definition) is 2. The summed E-state index contributed by atoms with van der Waals surface area (Å²) in [5, 5.41) is 3.67. The van der Waals surface area contributed by atoms with Gasteiger partial charge in [0.05, 0.1) is 0 Å². The summed E-state index contributed by atoms with van der Waals surface area (Å²) in [6.45, 7) is 4.42. The molecule has 3 heteroatoms. The summed E-state index contributed by atoms with van der Waals surface area (Å²) in [5.74, 6) is 2.77. The van der Waals surface area contributed by atoms with Crippen LogP contribution in [0.1, 0.15) is 58.8 Å². The second kappa shape index (κ2) is 4.76. The predicted molar refractivity (Wildman–Crippen MR) is 76.5 cm³/mol. The summed E-state index contributed by atoms with van der Waals surface area (Å²) in [5.41, 5.74) is 5.81. The maximum atomic E-state index is 11.0. The third-order valence-corrected chi connectivity index (χ3v) is 6.05. The molecular formula is C16H28N2O. The maximum Gasteiger partial charge on any atom is 0.218 e. The van der Waals surface area contributed by atoms with E-state index in [1.807, 2.05) is 0 Å². The average molecular weight is 264 g/mol. The zero-order valence-corrected chi connectivity index (χ0v) is 12.3.